The highest BCUT2D eigenvalue weighted by molar-refractivity contribution is 5.51. The molecule has 0 fully saturated rings. The van der Waals surface area contributed by atoms with Crippen LogP contribution in [0.3, 0.4) is 0 Å². The van der Waals surface area contributed by atoms with Crippen LogP contribution < -0.4 is 5.73 Å². The highest BCUT2D eigenvalue weighted by atomic mass is 15.3. The Bertz CT molecular complexity index is 477. The van der Waals surface area contributed by atoms with Crippen LogP contribution in [-0.4, -0.2) is 20.2 Å². The van der Waals surface area contributed by atoms with Crippen LogP contribution in [0, 0.1) is 11.3 Å². The SMILES string of the molecule is N#Cc1ccc(-c2nc(N)n[nH]2)nc1. The number of nitrogens with one attached hydrogen (secondary N) is 1. The largest absolute Gasteiger partial charge is 0.366 e. The number of rotatable bonds is 1. The van der Waals surface area contributed by atoms with Crippen LogP contribution in [0.1, 0.15) is 5.56 Å². The lowest BCUT2D eigenvalue weighted by Gasteiger charge is -1.93. The number of H-pyrrole nitrogens is 1. The molecule has 2 heterocycles. The minimum absolute atomic E-state index is 0.172. The van der Waals surface area contributed by atoms with E-state index < -0.39 is 0 Å². The zero-order valence-electron chi connectivity index (χ0n) is 7.10. The van der Waals surface area contributed by atoms with E-state index in [1.807, 2.05) is 6.07 Å². The number of hydrogen-bond acceptors (Lipinski definition) is 5. The number of aromatic amines is 1. The van der Waals surface area contributed by atoms with Crippen LogP contribution in [0.2, 0.25) is 0 Å². The fourth-order valence-electron chi connectivity index (χ4n) is 0.989. The number of nitrogens with zero attached hydrogens (tertiary/aromatic N) is 4. The standard InChI is InChI=1S/C8H6N6/c9-3-5-1-2-6(11-4-5)7-12-8(10)14-13-7/h1-2,4H,(H3,10,12,13,14). The number of nitrogen functional groups attached to an aromatic ring is 1. The van der Waals surface area contributed by atoms with Crippen LogP contribution in [0.25, 0.3) is 11.5 Å². The lowest BCUT2D eigenvalue weighted by atomic mass is 10.2. The number of nitriles is 1. The van der Waals surface area contributed by atoms with Crippen LogP contribution in [-0.2, 0) is 0 Å². The Morgan fingerprint density at radius 3 is 2.79 bits per heavy atom. The number of aromatic nitrogens is 4. The molecule has 0 aliphatic heterocycles. The average Bonchev–Trinajstić information content (AvgIpc) is 2.65. The molecule has 0 amide bonds. The third-order valence-corrected chi connectivity index (χ3v) is 1.64. The zero-order chi connectivity index (χ0) is 9.97. The minimum atomic E-state index is 0.172. The van der Waals surface area contributed by atoms with Crippen molar-refractivity contribution < 1.29 is 0 Å². The molecule has 0 radical (unpaired) electrons. The molecule has 0 aliphatic rings. The summed E-state index contributed by atoms with van der Waals surface area (Å²) in [6, 6.07) is 5.31. The average molecular weight is 186 g/mol. The summed E-state index contributed by atoms with van der Waals surface area (Å²) in [7, 11) is 0. The smallest absolute Gasteiger partial charge is 0.239 e. The summed E-state index contributed by atoms with van der Waals surface area (Å²) in [5, 5.41) is 14.9. The summed E-state index contributed by atoms with van der Waals surface area (Å²) in [5.74, 6) is 0.665. The molecule has 3 N–H and O–H groups in total. The number of nitrogens with two attached hydrogens (primary N) is 1. The van der Waals surface area contributed by atoms with Gasteiger partial charge in [0.25, 0.3) is 0 Å². The molecule has 0 bridgehead atoms. The number of hydrogen-bond donors (Lipinski definition) is 2. The quantitative estimate of drug-likeness (QED) is 0.667. The minimum Gasteiger partial charge on any atom is -0.366 e. The van der Waals surface area contributed by atoms with Gasteiger partial charge in [0.15, 0.2) is 5.82 Å². The fraction of sp³-hybridized carbons (Fsp3) is 0. The molecule has 2 aromatic rings. The van der Waals surface area contributed by atoms with E-state index >= 15 is 0 Å². The summed E-state index contributed by atoms with van der Waals surface area (Å²) in [5.41, 5.74) is 6.44. The second-order valence-electron chi connectivity index (χ2n) is 2.59. The Morgan fingerprint density at radius 2 is 2.29 bits per heavy atom. The Morgan fingerprint density at radius 1 is 1.43 bits per heavy atom. The van der Waals surface area contributed by atoms with Crippen LogP contribution >= 0.6 is 0 Å². The highest BCUT2D eigenvalue weighted by Gasteiger charge is 2.03. The molecule has 0 aromatic carbocycles. The van der Waals surface area contributed by atoms with Gasteiger partial charge >= 0.3 is 0 Å². The van der Waals surface area contributed by atoms with Gasteiger partial charge in [-0.15, -0.1) is 5.10 Å². The predicted molar refractivity (Wildman–Crippen MR) is 48.7 cm³/mol. The lowest BCUT2D eigenvalue weighted by molar-refractivity contribution is 1.09. The highest BCUT2D eigenvalue weighted by Crippen LogP contribution is 2.11. The number of anilines is 1. The van der Waals surface area contributed by atoms with Crippen molar-refractivity contribution in [2.24, 2.45) is 0 Å². The maximum atomic E-state index is 8.56. The molecule has 0 spiro atoms. The molecule has 68 valence electrons. The third-order valence-electron chi connectivity index (χ3n) is 1.64. The van der Waals surface area contributed by atoms with E-state index in [9.17, 15) is 0 Å². The molecular weight excluding hydrogens is 180 g/mol. The van der Waals surface area contributed by atoms with Gasteiger partial charge in [-0.2, -0.15) is 10.2 Å². The van der Waals surface area contributed by atoms with E-state index in [4.69, 9.17) is 11.0 Å². The van der Waals surface area contributed by atoms with E-state index in [0.29, 0.717) is 17.1 Å². The molecule has 0 saturated carbocycles. The van der Waals surface area contributed by atoms with Crippen molar-refractivity contribution in [3.8, 4) is 17.6 Å². The Kier molecular flexibility index (Phi) is 1.84. The van der Waals surface area contributed by atoms with Crippen molar-refractivity contribution in [2.45, 2.75) is 0 Å². The van der Waals surface area contributed by atoms with Gasteiger partial charge in [0.05, 0.1) is 5.56 Å². The molecule has 6 heteroatoms. The molecule has 0 unspecified atom stereocenters. The molecule has 0 aliphatic carbocycles. The number of pyridine rings is 1. The summed E-state index contributed by atoms with van der Waals surface area (Å²) in [4.78, 5) is 7.92. The zero-order valence-corrected chi connectivity index (χ0v) is 7.10. The van der Waals surface area contributed by atoms with Gasteiger partial charge < -0.3 is 5.73 Å². The predicted octanol–water partition coefficient (Wildman–Crippen LogP) is 0.321. The van der Waals surface area contributed by atoms with Gasteiger partial charge in [0.1, 0.15) is 11.8 Å². The van der Waals surface area contributed by atoms with Gasteiger partial charge in [0, 0.05) is 6.20 Å². The molecule has 0 atom stereocenters. The monoisotopic (exact) mass is 186 g/mol. The normalized spacial score (nSPS) is 9.64. The van der Waals surface area contributed by atoms with Crippen LogP contribution in [0.15, 0.2) is 18.3 Å². The first-order valence-corrected chi connectivity index (χ1v) is 3.84. The molecule has 0 saturated heterocycles. The second kappa shape index (κ2) is 3.14. The van der Waals surface area contributed by atoms with Crippen molar-refractivity contribution in [3.63, 3.8) is 0 Å². The summed E-state index contributed by atoms with van der Waals surface area (Å²) in [6.07, 6.45) is 1.47. The van der Waals surface area contributed by atoms with Crippen molar-refractivity contribution in [2.75, 3.05) is 5.73 Å². The first-order valence-electron chi connectivity index (χ1n) is 3.84. The molecule has 6 nitrogen and oxygen atoms in total. The van der Waals surface area contributed by atoms with Crippen molar-refractivity contribution in [1.82, 2.24) is 20.2 Å². The molecular formula is C8H6N6. The summed E-state index contributed by atoms with van der Waals surface area (Å²) >= 11 is 0. The fourth-order valence-corrected chi connectivity index (χ4v) is 0.989. The Hall–Kier alpha value is -2.42. The van der Waals surface area contributed by atoms with Gasteiger partial charge in [-0.1, -0.05) is 0 Å². The third kappa shape index (κ3) is 1.38. The second-order valence-corrected chi connectivity index (χ2v) is 2.59. The van der Waals surface area contributed by atoms with Crippen molar-refractivity contribution >= 4 is 5.95 Å². The maximum Gasteiger partial charge on any atom is 0.239 e. The first-order chi connectivity index (χ1) is 6.79. The molecule has 2 rings (SSSR count). The lowest BCUT2D eigenvalue weighted by Crippen LogP contribution is -1.87. The Balaban J connectivity index is 2.39. The van der Waals surface area contributed by atoms with Crippen LogP contribution in [0.5, 0.6) is 0 Å². The van der Waals surface area contributed by atoms with Crippen molar-refractivity contribution in [1.29, 1.82) is 5.26 Å². The Labute approximate surface area is 79.4 Å². The maximum absolute atomic E-state index is 8.56. The van der Waals surface area contributed by atoms with Gasteiger partial charge in [-0.25, -0.2) is 0 Å². The van der Waals surface area contributed by atoms with E-state index in [-0.39, 0.29) is 5.95 Å². The topological polar surface area (TPSA) is 104 Å². The van der Waals surface area contributed by atoms with Crippen molar-refractivity contribution in [3.05, 3.63) is 23.9 Å². The van der Waals surface area contributed by atoms with E-state index in [1.54, 1.807) is 12.1 Å². The van der Waals surface area contributed by atoms with Crippen LogP contribution in [0.4, 0.5) is 5.95 Å². The van der Waals surface area contributed by atoms with Gasteiger partial charge in [-0.3, -0.25) is 10.1 Å². The van der Waals surface area contributed by atoms with E-state index in [2.05, 4.69) is 20.2 Å². The van der Waals surface area contributed by atoms with E-state index in [0.717, 1.165) is 0 Å². The molecule has 14 heavy (non-hydrogen) atoms. The van der Waals surface area contributed by atoms with E-state index in [1.165, 1.54) is 6.20 Å². The van der Waals surface area contributed by atoms with Gasteiger partial charge in [-0.05, 0) is 12.1 Å². The van der Waals surface area contributed by atoms with Gasteiger partial charge in [0.2, 0.25) is 5.95 Å². The summed E-state index contributed by atoms with van der Waals surface area (Å²) < 4.78 is 0. The first kappa shape index (κ1) is 8.19. The summed E-state index contributed by atoms with van der Waals surface area (Å²) in [6.45, 7) is 0. The molecule has 2 aromatic heterocycles.